The Balaban J connectivity index is 2.66. The van der Waals surface area contributed by atoms with Crippen LogP contribution in [0.4, 0.5) is 5.69 Å². The van der Waals surface area contributed by atoms with E-state index >= 15 is 0 Å². The highest BCUT2D eigenvalue weighted by Gasteiger charge is 2.08. The summed E-state index contributed by atoms with van der Waals surface area (Å²) >= 11 is 0. The van der Waals surface area contributed by atoms with Gasteiger partial charge in [-0.3, -0.25) is 9.59 Å². The van der Waals surface area contributed by atoms with E-state index in [1.165, 1.54) is 4.90 Å². The molecule has 2 amide bonds. The molecule has 98 valence electrons. The third-order valence-corrected chi connectivity index (χ3v) is 2.42. The van der Waals surface area contributed by atoms with Gasteiger partial charge in [0.25, 0.3) is 5.91 Å². The quantitative estimate of drug-likeness (QED) is 0.889. The molecule has 0 radical (unpaired) electrons. The molecule has 0 aromatic heterocycles. The van der Waals surface area contributed by atoms with Crippen molar-refractivity contribution in [2.75, 3.05) is 19.4 Å². The molecule has 0 heterocycles. The second-order valence-electron chi connectivity index (χ2n) is 4.92. The lowest BCUT2D eigenvalue weighted by atomic mass is 10.1. The second kappa shape index (κ2) is 6.19. The van der Waals surface area contributed by atoms with Crippen LogP contribution in [0.15, 0.2) is 24.3 Å². The molecular formula is C14H20N2O2. The van der Waals surface area contributed by atoms with E-state index in [2.05, 4.69) is 5.32 Å². The molecule has 0 aliphatic rings. The zero-order chi connectivity index (χ0) is 13.7. The lowest BCUT2D eigenvalue weighted by molar-refractivity contribution is -0.116. The Hall–Kier alpha value is -1.84. The van der Waals surface area contributed by atoms with E-state index in [0.717, 1.165) is 5.69 Å². The summed E-state index contributed by atoms with van der Waals surface area (Å²) < 4.78 is 0. The standard InChI is InChI=1S/C14H20N2O2/c1-10(2)9-13(17)15-12-7-5-11(6-8-12)14(18)16(3)4/h5-8,10H,9H2,1-4H3,(H,15,17). The molecule has 0 saturated carbocycles. The van der Waals surface area contributed by atoms with Crippen LogP contribution in [0.3, 0.4) is 0 Å². The molecule has 1 aromatic rings. The molecule has 1 N–H and O–H groups in total. The van der Waals surface area contributed by atoms with Crippen molar-refractivity contribution in [1.29, 1.82) is 0 Å². The summed E-state index contributed by atoms with van der Waals surface area (Å²) in [7, 11) is 3.42. The van der Waals surface area contributed by atoms with Crippen LogP contribution in [0.2, 0.25) is 0 Å². The number of benzene rings is 1. The van der Waals surface area contributed by atoms with Gasteiger partial charge in [0.1, 0.15) is 0 Å². The molecule has 0 aliphatic carbocycles. The van der Waals surface area contributed by atoms with Gasteiger partial charge < -0.3 is 10.2 Å². The van der Waals surface area contributed by atoms with Gasteiger partial charge in [-0.05, 0) is 30.2 Å². The van der Waals surface area contributed by atoms with Crippen molar-refractivity contribution < 1.29 is 9.59 Å². The number of carbonyl (C=O) groups excluding carboxylic acids is 2. The summed E-state index contributed by atoms with van der Waals surface area (Å²) in [6, 6.07) is 6.92. The summed E-state index contributed by atoms with van der Waals surface area (Å²) in [5.41, 5.74) is 1.33. The first-order valence-electron chi connectivity index (χ1n) is 6.01. The molecule has 1 aromatic carbocycles. The van der Waals surface area contributed by atoms with Gasteiger partial charge in [0.2, 0.25) is 5.91 Å². The summed E-state index contributed by atoms with van der Waals surface area (Å²) in [5.74, 6) is 0.284. The van der Waals surface area contributed by atoms with Gasteiger partial charge in [0.15, 0.2) is 0 Å². The van der Waals surface area contributed by atoms with Gasteiger partial charge in [-0.1, -0.05) is 13.8 Å². The van der Waals surface area contributed by atoms with Gasteiger partial charge in [-0.25, -0.2) is 0 Å². The fourth-order valence-electron chi connectivity index (χ4n) is 1.54. The van der Waals surface area contributed by atoms with Crippen molar-refractivity contribution in [3.63, 3.8) is 0 Å². The predicted octanol–water partition coefficient (Wildman–Crippen LogP) is 2.37. The summed E-state index contributed by atoms with van der Waals surface area (Å²) in [6.45, 7) is 4.00. The minimum atomic E-state index is -0.0462. The van der Waals surface area contributed by atoms with E-state index in [0.29, 0.717) is 17.9 Å². The number of hydrogen-bond donors (Lipinski definition) is 1. The molecule has 18 heavy (non-hydrogen) atoms. The number of nitrogens with zero attached hydrogens (tertiary/aromatic N) is 1. The first kappa shape index (κ1) is 14.2. The van der Waals surface area contributed by atoms with Crippen LogP contribution in [-0.2, 0) is 4.79 Å². The Kier molecular flexibility index (Phi) is 4.89. The molecule has 1 rings (SSSR count). The Bertz CT molecular complexity index is 422. The minimum absolute atomic E-state index is 0.00307. The normalized spacial score (nSPS) is 10.3. The predicted molar refractivity (Wildman–Crippen MR) is 72.5 cm³/mol. The van der Waals surface area contributed by atoms with E-state index in [-0.39, 0.29) is 11.8 Å². The van der Waals surface area contributed by atoms with Crippen LogP contribution >= 0.6 is 0 Å². The van der Waals surface area contributed by atoms with E-state index < -0.39 is 0 Å². The number of rotatable bonds is 4. The third-order valence-electron chi connectivity index (χ3n) is 2.42. The average Bonchev–Trinajstić information content (AvgIpc) is 2.27. The van der Waals surface area contributed by atoms with Crippen LogP contribution in [-0.4, -0.2) is 30.8 Å². The summed E-state index contributed by atoms with van der Waals surface area (Å²) in [5, 5.41) is 2.80. The van der Waals surface area contributed by atoms with Gasteiger partial charge in [0.05, 0.1) is 0 Å². The van der Waals surface area contributed by atoms with Crippen LogP contribution in [0, 0.1) is 5.92 Å². The van der Waals surface area contributed by atoms with Crippen LogP contribution < -0.4 is 5.32 Å². The van der Waals surface area contributed by atoms with E-state index in [1.807, 2.05) is 13.8 Å². The van der Waals surface area contributed by atoms with Crippen molar-refractivity contribution in [3.8, 4) is 0 Å². The molecule has 4 nitrogen and oxygen atoms in total. The van der Waals surface area contributed by atoms with Gasteiger partial charge in [-0.2, -0.15) is 0 Å². The third kappa shape index (κ3) is 4.20. The molecule has 0 unspecified atom stereocenters. The molecule has 0 bridgehead atoms. The first-order chi connectivity index (χ1) is 8.40. The van der Waals surface area contributed by atoms with E-state index in [1.54, 1.807) is 38.4 Å². The van der Waals surface area contributed by atoms with Gasteiger partial charge in [0, 0.05) is 31.8 Å². The Morgan fingerprint density at radius 3 is 2.17 bits per heavy atom. The maximum Gasteiger partial charge on any atom is 0.253 e. The first-order valence-corrected chi connectivity index (χ1v) is 6.01. The molecule has 0 saturated heterocycles. The molecular weight excluding hydrogens is 228 g/mol. The highest BCUT2D eigenvalue weighted by Crippen LogP contribution is 2.12. The van der Waals surface area contributed by atoms with Crippen molar-refractivity contribution >= 4 is 17.5 Å². The molecule has 0 spiro atoms. The summed E-state index contributed by atoms with van der Waals surface area (Å²) in [6.07, 6.45) is 0.498. The van der Waals surface area contributed by atoms with Crippen LogP contribution in [0.5, 0.6) is 0 Å². The molecule has 4 heteroatoms. The maximum absolute atomic E-state index is 11.7. The molecule has 0 fully saturated rings. The fourth-order valence-corrected chi connectivity index (χ4v) is 1.54. The second-order valence-corrected chi connectivity index (χ2v) is 4.92. The zero-order valence-corrected chi connectivity index (χ0v) is 11.4. The number of amides is 2. The number of nitrogens with one attached hydrogen (secondary N) is 1. The van der Waals surface area contributed by atoms with Crippen molar-refractivity contribution in [2.24, 2.45) is 5.92 Å². The van der Waals surface area contributed by atoms with E-state index in [4.69, 9.17) is 0 Å². The molecule has 0 aliphatic heterocycles. The van der Waals surface area contributed by atoms with Gasteiger partial charge >= 0.3 is 0 Å². The van der Waals surface area contributed by atoms with Crippen LogP contribution in [0.25, 0.3) is 0 Å². The van der Waals surface area contributed by atoms with Gasteiger partial charge in [-0.15, -0.1) is 0 Å². The monoisotopic (exact) mass is 248 g/mol. The summed E-state index contributed by atoms with van der Waals surface area (Å²) in [4.78, 5) is 24.7. The molecule has 0 atom stereocenters. The lowest BCUT2D eigenvalue weighted by Crippen LogP contribution is -2.21. The smallest absolute Gasteiger partial charge is 0.253 e. The minimum Gasteiger partial charge on any atom is -0.345 e. The SMILES string of the molecule is CC(C)CC(=O)Nc1ccc(C(=O)N(C)C)cc1. The lowest BCUT2D eigenvalue weighted by Gasteiger charge is -2.11. The van der Waals surface area contributed by atoms with E-state index in [9.17, 15) is 9.59 Å². The van der Waals surface area contributed by atoms with Crippen molar-refractivity contribution in [1.82, 2.24) is 4.90 Å². The number of hydrogen-bond acceptors (Lipinski definition) is 2. The Morgan fingerprint density at radius 2 is 1.72 bits per heavy atom. The topological polar surface area (TPSA) is 49.4 Å². The van der Waals surface area contributed by atoms with Crippen molar-refractivity contribution in [3.05, 3.63) is 29.8 Å². The maximum atomic E-state index is 11.7. The van der Waals surface area contributed by atoms with Crippen molar-refractivity contribution in [2.45, 2.75) is 20.3 Å². The Labute approximate surface area is 108 Å². The highest BCUT2D eigenvalue weighted by molar-refractivity contribution is 5.95. The number of carbonyl (C=O) groups is 2. The average molecular weight is 248 g/mol. The fraction of sp³-hybridized carbons (Fsp3) is 0.429. The largest absolute Gasteiger partial charge is 0.345 e. The number of anilines is 1. The Morgan fingerprint density at radius 1 is 1.17 bits per heavy atom. The highest BCUT2D eigenvalue weighted by atomic mass is 16.2. The zero-order valence-electron chi connectivity index (χ0n) is 11.4. The van der Waals surface area contributed by atoms with Crippen LogP contribution in [0.1, 0.15) is 30.6 Å².